The van der Waals surface area contributed by atoms with E-state index in [4.69, 9.17) is 10.8 Å². The van der Waals surface area contributed by atoms with Gasteiger partial charge in [-0.3, -0.25) is 4.79 Å². The number of nitrogen functional groups attached to an aromatic ring is 1. The number of rotatable bonds is 2. The molecule has 4 N–H and O–H groups in total. The van der Waals surface area contributed by atoms with Crippen LogP contribution in [0.15, 0.2) is 35.7 Å². The van der Waals surface area contributed by atoms with Crippen molar-refractivity contribution < 1.29 is 9.90 Å². The van der Waals surface area contributed by atoms with Crippen LogP contribution in [0.25, 0.3) is 0 Å². The van der Waals surface area contributed by atoms with Gasteiger partial charge in [0.2, 0.25) is 0 Å². The van der Waals surface area contributed by atoms with Crippen LogP contribution in [-0.2, 0) is 0 Å². The molecule has 4 nitrogen and oxygen atoms in total. The molecule has 0 fully saturated rings. The first kappa shape index (κ1) is 10.5. The van der Waals surface area contributed by atoms with E-state index in [-0.39, 0.29) is 11.7 Å². The zero-order valence-corrected chi connectivity index (χ0v) is 9.12. The molecule has 1 amide bonds. The summed E-state index contributed by atoms with van der Waals surface area (Å²) in [6.07, 6.45) is 0. The number of nitrogens with two attached hydrogens (primary N) is 1. The Hall–Kier alpha value is -2.01. The predicted octanol–water partition coefficient (Wildman–Crippen LogP) is 2.29. The Morgan fingerprint density at radius 3 is 2.81 bits per heavy atom. The molecule has 2 rings (SSSR count). The molecule has 0 unspecified atom stereocenters. The summed E-state index contributed by atoms with van der Waals surface area (Å²) in [7, 11) is 0. The van der Waals surface area contributed by atoms with Crippen LogP contribution in [0, 0.1) is 0 Å². The zero-order chi connectivity index (χ0) is 11.5. The fraction of sp³-hybridized carbons (Fsp3) is 0. The minimum atomic E-state index is -0.201. The quantitative estimate of drug-likeness (QED) is 0.551. The number of thiophene rings is 1. The topological polar surface area (TPSA) is 75.3 Å². The summed E-state index contributed by atoms with van der Waals surface area (Å²) in [6.45, 7) is 0. The zero-order valence-electron chi connectivity index (χ0n) is 8.31. The van der Waals surface area contributed by atoms with E-state index in [1.165, 1.54) is 23.5 Å². The average Bonchev–Trinajstić information content (AvgIpc) is 2.75. The van der Waals surface area contributed by atoms with Gasteiger partial charge in [-0.1, -0.05) is 6.07 Å². The first-order chi connectivity index (χ1) is 7.66. The highest BCUT2D eigenvalue weighted by Crippen LogP contribution is 2.24. The Morgan fingerprint density at radius 1 is 1.38 bits per heavy atom. The van der Waals surface area contributed by atoms with Crippen LogP contribution in [0.1, 0.15) is 9.67 Å². The van der Waals surface area contributed by atoms with E-state index in [0.717, 1.165) is 0 Å². The molecule has 0 atom stereocenters. The van der Waals surface area contributed by atoms with Gasteiger partial charge in [-0.2, -0.15) is 0 Å². The van der Waals surface area contributed by atoms with Crippen molar-refractivity contribution in [1.82, 2.24) is 0 Å². The molecule has 0 saturated heterocycles. The highest BCUT2D eigenvalue weighted by Gasteiger charge is 2.08. The lowest BCUT2D eigenvalue weighted by atomic mass is 10.2. The number of amides is 1. The number of carbonyl (C=O) groups is 1. The smallest absolute Gasteiger partial charge is 0.265 e. The largest absolute Gasteiger partial charge is 0.508 e. The van der Waals surface area contributed by atoms with Gasteiger partial charge in [0.15, 0.2) is 0 Å². The van der Waals surface area contributed by atoms with Crippen molar-refractivity contribution in [2.24, 2.45) is 0 Å². The Balaban J connectivity index is 2.18. The van der Waals surface area contributed by atoms with E-state index >= 15 is 0 Å². The minimum Gasteiger partial charge on any atom is -0.508 e. The van der Waals surface area contributed by atoms with E-state index in [0.29, 0.717) is 16.3 Å². The standard InChI is InChI=1S/C11H10N2O2S/c12-8-6-7(14)3-4-9(8)13-11(15)10-2-1-5-16-10/h1-6,14H,12H2,(H,13,15). The van der Waals surface area contributed by atoms with Crippen molar-refractivity contribution in [2.45, 2.75) is 0 Å². The van der Waals surface area contributed by atoms with E-state index < -0.39 is 0 Å². The summed E-state index contributed by atoms with van der Waals surface area (Å²) in [6, 6.07) is 7.97. The molecule has 82 valence electrons. The molecule has 0 aliphatic heterocycles. The monoisotopic (exact) mass is 234 g/mol. The van der Waals surface area contributed by atoms with Crippen LogP contribution in [-0.4, -0.2) is 11.0 Å². The summed E-state index contributed by atoms with van der Waals surface area (Å²) in [5.41, 5.74) is 6.49. The third-order valence-electron chi connectivity index (χ3n) is 2.03. The summed E-state index contributed by atoms with van der Waals surface area (Å²) < 4.78 is 0. The lowest BCUT2D eigenvalue weighted by Gasteiger charge is -2.07. The van der Waals surface area contributed by atoms with Crippen LogP contribution in [0.2, 0.25) is 0 Å². The van der Waals surface area contributed by atoms with Gasteiger partial charge in [0.05, 0.1) is 16.3 Å². The molecule has 1 heterocycles. The second kappa shape index (κ2) is 4.24. The van der Waals surface area contributed by atoms with Crippen LogP contribution in [0.4, 0.5) is 11.4 Å². The Kier molecular flexibility index (Phi) is 2.78. The predicted molar refractivity (Wildman–Crippen MR) is 64.8 cm³/mol. The van der Waals surface area contributed by atoms with Gasteiger partial charge in [0.25, 0.3) is 5.91 Å². The number of benzene rings is 1. The van der Waals surface area contributed by atoms with Crippen molar-refractivity contribution in [2.75, 3.05) is 11.1 Å². The average molecular weight is 234 g/mol. The molecule has 0 bridgehead atoms. The molecular formula is C11H10N2O2S. The third-order valence-corrected chi connectivity index (χ3v) is 2.90. The van der Waals surface area contributed by atoms with Gasteiger partial charge in [0, 0.05) is 6.07 Å². The van der Waals surface area contributed by atoms with Crippen molar-refractivity contribution in [3.63, 3.8) is 0 Å². The van der Waals surface area contributed by atoms with E-state index in [9.17, 15) is 4.79 Å². The van der Waals surface area contributed by atoms with Crippen molar-refractivity contribution in [3.8, 4) is 5.75 Å². The minimum absolute atomic E-state index is 0.0756. The molecule has 0 radical (unpaired) electrons. The number of carbonyl (C=O) groups excluding carboxylic acids is 1. The number of phenolic OH excluding ortho intramolecular Hbond substituents is 1. The lowest BCUT2D eigenvalue weighted by Crippen LogP contribution is -2.11. The van der Waals surface area contributed by atoms with Gasteiger partial charge in [0.1, 0.15) is 5.75 Å². The Labute approximate surface area is 96.3 Å². The first-order valence-electron chi connectivity index (χ1n) is 4.60. The van der Waals surface area contributed by atoms with Gasteiger partial charge in [-0.15, -0.1) is 11.3 Å². The fourth-order valence-corrected chi connectivity index (χ4v) is 1.87. The second-order valence-electron chi connectivity index (χ2n) is 3.20. The number of anilines is 2. The van der Waals surface area contributed by atoms with Crippen LogP contribution < -0.4 is 11.1 Å². The Morgan fingerprint density at radius 2 is 2.19 bits per heavy atom. The maximum absolute atomic E-state index is 11.7. The molecule has 0 spiro atoms. The molecule has 16 heavy (non-hydrogen) atoms. The SMILES string of the molecule is Nc1cc(O)ccc1NC(=O)c1cccs1. The van der Waals surface area contributed by atoms with Crippen molar-refractivity contribution in [3.05, 3.63) is 40.6 Å². The maximum atomic E-state index is 11.7. The highest BCUT2D eigenvalue weighted by atomic mass is 32.1. The van der Waals surface area contributed by atoms with E-state index in [1.807, 2.05) is 5.38 Å². The van der Waals surface area contributed by atoms with E-state index in [2.05, 4.69) is 5.32 Å². The van der Waals surface area contributed by atoms with Crippen LogP contribution in [0.5, 0.6) is 5.75 Å². The van der Waals surface area contributed by atoms with Crippen LogP contribution in [0.3, 0.4) is 0 Å². The van der Waals surface area contributed by atoms with Crippen molar-refractivity contribution in [1.29, 1.82) is 0 Å². The highest BCUT2D eigenvalue weighted by molar-refractivity contribution is 7.12. The summed E-state index contributed by atoms with van der Waals surface area (Å²) in [4.78, 5) is 12.3. The fourth-order valence-electron chi connectivity index (χ4n) is 1.26. The first-order valence-corrected chi connectivity index (χ1v) is 5.48. The number of phenols is 1. The van der Waals surface area contributed by atoms with Gasteiger partial charge in [-0.05, 0) is 23.6 Å². The summed E-state index contributed by atoms with van der Waals surface area (Å²) >= 11 is 1.36. The van der Waals surface area contributed by atoms with Crippen molar-refractivity contribution >= 4 is 28.6 Å². The van der Waals surface area contributed by atoms with Gasteiger partial charge >= 0.3 is 0 Å². The Bertz CT molecular complexity index is 509. The molecule has 0 saturated carbocycles. The number of hydrogen-bond acceptors (Lipinski definition) is 4. The molecule has 5 heteroatoms. The normalized spacial score (nSPS) is 10.0. The summed E-state index contributed by atoms with van der Waals surface area (Å²) in [5.74, 6) is -0.126. The molecule has 1 aromatic heterocycles. The lowest BCUT2D eigenvalue weighted by molar-refractivity contribution is 0.103. The number of hydrogen-bond donors (Lipinski definition) is 3. The third kappa shape index (κ3) is 2.14. The summed E-state index contributed by atoms with van der Waals surface area (Å²) in [5, 5.41) is 13.7. The van der Waals surface area contributed by atoms with Gasteiger partial charge in [-0.25, -0.2) is 0 Å². The van der Waals surface area contributed by atoms with Crippen LogP contribution >= 0.6 is 11.3 Å². The number of nitrogens with one attached hydrogen (secondary N) is 1. The molecule has 1 aromatic carbocycles. The molecule has 2 aromatic rings. The second-order valence-corrected chi connectivity index (χ2v) is 4.15. The maximum Gasteiger partial charge on any atom is 0.265 e. The molecule has 0 aliphatic rings. The number of aromatic hydroxyl groups is 1. The van der Waals surface area contributed by atoms with Gasteiger partial charge < -0.3 is 16.2 Å². The molecule has 0 aliphatic carbocycles. The molecular weight excluding hydrogens is 224 g/mol. The van der Waals surface area contributed by atoms with E-state index in [1.54, 1.807) is 18.2 Å².